The normalized spacial score (nSPS) is 22.8. The lowest BCUT2D eigenvalue weighted by Crippen LogP contribution is -2.35. The van der Waals surface area contributed by atoms with Crippen molar-refractivity contribution in [2.24, 2.45) is 0 Å². The van der Waals surface area contributed by atoms with Crippen molar-refractivity contribution in [3.63, 3.8) is 0 Å². The van der Waals surface area contributed by atoms with Crippen LogP contribution >= 0.6 is 0 Å². The lowest BCUT2D eigenvalue weighted by molar-refractivity contribution is 0.438. The van der Waals surface area contributed by atoms with Crippen LogP contribution < -0.4 is 15.4 Å². The standard InChI is InChI=1S/C11H25N3O2S/c1-10(9-11-5-3-6-13-11)12-7-4-8-14-17(2,15)16/h10-14H,3-9H2,1-2H3. The Kier molecular flexibility index (Phi) is 6.40. The molecule has 0 aromatic rings. The second kappa shape index (κ2) is 7.31. The van der Waals surface area contributed by atoms with Crippen LogP contribution in [0.2, 0.25) is 0 Å². The average molecular weight is 263 g/mol. The molecule has 17 heavy (non-hydrogen) atoms. The van der Waals surface area contributed by atoms with Crippen molar-refractivity contribution in [1.29, 1.82) is 0 Å². The molecular weight excluding hydrogens is 238 g/mol. The fourth-order valence-electron chi connectivity index (χ4n) is 2.16. The second-order valence-electron chi connectivity index (χ2n) is 4.90. The molecule has 0 radical (unpaired) electrons. The Hall–Kier alpha value is -0.170. The lowest BCUT2D eigenvalue weighted by Gasteiger charge is -2.18. The van der Waals surface area contributed by atoms with Gasteiger partial charge in [0.1, 0.15) is 0 Å². The maximum Gasteiger partial charge on any atom is 0.208 e. The maximum atomic E-state index is 10.8. The van der Waals surface area contributed by atoms with Crippen molar-refractivity contribution < 1.29 is 8.42 Å². The number of hydrogen-bond acceptors (Lipinski definition) is 4. The van der Waals surface area contributed by atoms with Crippen LogP contribution in [-0.2, 0) is 10.0 Å². The van der Waals surface area contributed by atoms with Gasteiger partial charge in [0.25, 0.3) is 0 Å². The summed E-state index contributed by atoms with van der Waals surface area (Å²) in [6.45, 7) is 4.70. The van der Waals surface area contributed by atoms with Crippen molar-refractivity contribution in [1.82, 2.24) is 15.4 Å². The molecule has 0 saturated carbocycles. The molecule has 0 aromatic carbocycles. The van der Waals surface area contributed by atoms with Crippen molar-refractivity contribution in [3.05, 3.63) is 0 Å². The van der Waals surface area contributed by atoms with Crippen LogP contribution in [0.5, 0.6) is 0 Å². The van der Waals surface area contributed by atoms with Gasteiger partial charge in [-0.3, -0.25) is 0 Å². The van der Waals surface area contributed by atoms with Crippen molar-refractivity contribution in [3.8, 4) is 0 Å². The summed E-state index contributed by atoms with van der Waals surface area (Å²) in [6.07, 6.45) is 5.74. The molecule has 1 saturated heterocycles. The molecule has 1 fully saturated rings. The van der Waals surface area contributed by atoms with E-state index in [9.17, 15) is 8.42 Å². The van der Waals surface area contributed by atoms with E-state index in [4.69, 9.17) is 0 Å². The zero-order valence-corrected chi connectivity index (χ0v) is 11.6. The predicted molar refractivity (Wildman–Crippen MR) is 70.6 cm³/mol. The van der Waals surface area contributed by atoms with Gasteiger partial charge in [-0.1, -0.05) is 0 Å². The first-order valence-corrected chi connectivity index (χ1v) is 8.28. The molecule has 1 heterocycles. The molecule has 0 spiro atoms. The predicted octanol–water partition coefficient (Wildman–Crippen LogP) is 0.0459. The minimum absolute atomic E-state index is 0.490. The topological polar surface area (TPSA) is 70.2 Å². The Morgan fingerprint density at radius 1 is 1.41 bits per heavy atom. The van der Waals surface area contributed by atoms with E-state index < -0.39 is 10.0 Å². The number of hydrogen-bond donors (Lipinski definition) is 3. The Morgan fingerprint density at radius 3 is 2.76 bits per heavy atom. The maximum absolute atomic E-state index is 10.8. The Bertz CT molecular complexity index is 300. The van der Waals surface area contributed by atoms with E-state index in [1.807, 2.05) is 0 Å². The minimum Gasteiger partial charge on any atom is -0.314 e. The van der Waals surface area contributed by atoms with Crippen LogP contribution in [0.25, 0.3) is 0 Å². The highest BCUT2D eigenvalue weighted by atomic mass is 32.2. The number of sulfonamides is 1. The monoisotopic (exact) mass is 263 g/mol. The second-order valence-corrected chi connectivity index (χ2v) is 6.74. The van der Waals surface area contributed by atoms with Crippen molar-refractivity contribution in [2.45, 2.75) is 44.7 Å². The van der Waals surface area contributed by atoms with Crippen LogP contribution in [0.1, 0.15) is 32.6 Å². The fourth-order valence-corrected chi connectivity index (χ4v) is 2.68. The molecule has 0 aromatic heterocycles. The lowest BCUT2D eigenvalue weighted by atomic mass is 10.1. The van der Waals surface area contributed by atoms with E-state index in [0.717, 1.165) is 25.9 Å². The smallest absolute Gasteiger partial charge is 0.208 e. The molecule has 3 N–H and O–H groups in total. The van der Waals surface area contributed by atoms with Crippen LogP contribution in [-0.4, -0.2) is 46.4 Å². The van der Waals surface area contributed by atoms with Gasteiger partial charge < -0.3 is 10.6 Å². The first-order valence-electron chi connectivity index (χ1n) is 6.39. The van der Waals surface area contributed by atoms with E-state index in [2.05, 4.69) is 22.3 Å². The van der Waals surface area contributed by atoms with E-state index in [1.165, 1.54) is 19.1 Å². The molecule has 6 heteroatoms. The highest BCUT2D eigenvalue weighted by Crippen LogP contribution is 2.10. The average Bonchev–Trinajstić information content (AvgIpc) is 2.68. The first kappa shape index (κ1) is 14.9. The zero-order valence-electron chi connectivity index (χ0n) is 10.8. The van der Waals surface area contributed by atoms with Gasteiger partial charge in [-0.2, -0.15) is 0 Å². The molecule has 0 amide bonds. The van der Waals surface area contributed by atoms with E-state index >= 15 is 0 Å². The third-order valence-corrected chi connectivity index (χ3v) is 3.74. The Labute approximate surface area is 105 Å². The largest absolute Gasteiger partial charge is 0.314 e. The van der Waals surface area contributed by atoms with E-state index in [0.29, 0.717) is 18.6 Å². The van der Waals surface area contributed by atoms with E-state index in [1.54, 1.807) is 0 Å². The molecule has 102 valence electrons. The van der Waals surface area contributed by atoms with Crippen LogP contribution in [0.15, 0.2) is 0 Å². The molecule has 1 aliphatic heterocycles. The zero-order chi connectivity index (χ0) is 12.7. The molecule has 0 aliphatic carbocycles. The molecular formula is C11H25N3O2S. The molecule has 2 atom stereocenters. The molecule has 1 aliphatic rings. The first-order chi connectivity index (χ1) is 7.97. The van der Waals surface area contributed by atoms with E-state index in [-0.39, 0.29) is 0 Å². The SMILES string of the molecule is CC(CC1CCCN1)NCCCNS(C)(=O)=O. The summed E-state index contributed by atoms with van der Waals surface area (Å²) in [6, 6.07) is 1.15. The molecule has 5 nitrogen and oxygen atoms in total. The van der Waals surface area contributed by atoms with Gasteiger partial charge in [0.15, 0.2) is 0 Å². The van der Waals surface area contributed by atoms with Gasteiger partial charge in [0.2, 0.25) is 10.0 Å². The molecule has 2 unspecified atom stereocenters. The van der Waals surface area contributed by atoms with Crippen LogP contribution in [0.3, 0.4) is 0 Å². The van der Waals surface area contributed by atoms with Gasteiger partial charge in [0, 0.05) is 18.6 Å². The highest BCUT2D eigenvalue weighted by molar-refractivity contribution is 7.88. The molecule has 1 rings (SSSR count). The fraction of sp³-hybridized carbons (Fsp3) is 1.00. The van der Waals surface area contributed by atoms with Gasteiger partial charge in [-0.25, -0.2) is 13.1 Å². The van der Waals surface area contributed by atoms with Gasteiger partial charge in [-0.05, 0) is 45.7 Å². The summed E-state index contributed by atoms with van der Waals surface area (Å²) in [5.74, 6) is 0. The van der Waals surface area contributed by atoms with Gasteiger partial charge >= 0.3 is 0 Å². The summed E-state index contributed by atoms with van der Waals surface area (Å²) in [7, 11) is -3.03. The van der Waals surface area contributed by atoms with Crippen LogP contribution in [0.4, 0.5) is 0 Å². The Balaban J connectivity index is 1.98. The van der Waals surface area contributed by atoms with Crippen molar-refractivity contribution >= 4 is 10.0 Å². The minimum atomic E-state index is -3.03. The summed E-state index contributed by atoms with van der Waals surface area (Å²) >= 11 is 0. The summed E-state index contributed by atoms with van der Waals surface area (Å²) in [4.78, 5) is 0. The van der Waals surface area contributed by atoms with Crippen LogP contribution in [0, 0.1) is 0 Å². The molecule has 0 bridgehead atoms. The highest BCUT2D eigenvalue weighted by Gasteiger charge is 2.16. The summed E-state index contributed by atoms with van der Waals surface area (Å²) < 4.78 is 24.1. The van der Waals surface area contributed by atoms with Gasteiger partial charge in [-0.15, -0.1) is 0 Å². The van der Waals surface area contributed by atoms with Crippen molar-refractivity contribution in [2.75, 3.05) is 25.9 Å². The van der Waals surface area contributed by atoms with Gasteiger partial charge in [0.05, 0.1) is 6.26 Å². The summed E-state index contributed by atoms with van der Waals surface area (Å²) in [5, 5.41) is 6.90. The third-order valence-electron chi connectivity index (χ3n) is 3.01. The Morgan fingerprint density at radius 2 is 2.18 bits per heavy atom. The number of nitrogens with one attached hydrogen (secondary N) is 3. The summed E-state index contributed by atoms with van der Waals surface area (Å²) in [5.41, 5.74) is 0. The number of rotatable bonds is 8. The quantitative estimate of drug-likeness (QED) is 0.541. The third kappa shape index (κ3) is 7.70.